The summed E-state index contributed by atoms with van der Waals surface area (Å²) in [4.78, 5) is 0. The Morgan fingerprint density at radius 2 is 1.75 bits per heavy atom. The molecule has 0 aromatic rings. The van der Waals surface area contributed by atoms with Crippen LogP contribution >= 0.6 is 11.1 Å². The molecule has 0 nitrogen and oxygen atoms in total. The van der Waals surface area contributed by atoms with Gasteiger partial charge < -0.3 is 0 Å². The number of hydrogen-bond acceptors (Lipinski definition) is 0. The summed E-state index contributed by atoms with van der Waals surface area (Å²) in [7, 11) is -0.0430. The van der Waals surface area contributed by atoms with E-state index in [2.05, 4.69) is 13.8 Å². The minimum Gasteiger partial charge on any atom is -0.166 e. The summed E-state index contributed by atoms with van der Waals surface area (Å²) in [5, 5.41) is 0.515. The van der Waals surface area contributed by atoms with E-state index in [1.165, 1.54) is 47.6 Å². The van der Waals surface area contributed by atoms with E-state index in [1.54, 1.807) is 0 Å². The molecule has 1 aliphatic heterocycles. The van der Waals surface area contributed by atoms with Gasteiger partial charge in [0.15, 0.2) is 7.38 Å². The quantitative estimate of drug-likeness (QED) is 0.496. The summed E-state index contributed by atoms with van der Waals surface area (Å²) >= 11 is 6.83. The van der Waals surface area contributed by atoms with Crippen LogP contribution in [0.3, 0.4) is 0 Å². The standard InChI is InChI=1S/C9H21ClSi2/c1-9(2,8-11)12(10)6-4-3-5-7-12/h3-8H2,1-2,11H3. The topological polar surface area (TPSA) is 0 Å². The molecule has 0 spiro atoms. The molecule has 0 aliphatic carbocycles. The van der Waals surface area contributed by atoms with Crippen LogP contribution in [0.15, 0.2) is 0 Å². The Morgan fingerprint density at radius 3 is 2.17 bits per heavy atom. The van der Waals surface area contributed by atoms with Crippen LogP contribution in [0.1, 0.15) is 33.1 Å². The van der Waals surface area contributed by atoms with Crippen molar-refractivity contribution in [2.45, 2.75) is 56.3 Å². The number of rotatable bonds is 2. The third kappa shape index (κ3) is 1.96. The van der Waals surface area contributed by atoms with E-state index in [1.807, 2.05) is 0 Å². The van der Waals surface area contributed by atoms with Crippen LogP contribution in [0.4, 0.5) is 0 Å². The van der Waals surface area contributed by atoms with Crippen molar-refractivity contribution in [3.63, 3.8) is 0 Å². The first-order valence-electron chi connectivity index (χ1n) is 5.21. The van der Waals surface area contributed by atoms with Gasteiger partial charge in [0.25, 0.3) is 0 Å². The molecular formula is C9H21ClSi2. The van der Waals surface area contributed by atoms with Gasteiger partial charge in [-0.3, -0.25) is 0 Å². The van der Waals surface area contributed by atoms with Crippen LogP contribution in [0, 0.1) is 0 Å². The van der Waals surface area contributed by atoms with E-state index >= 15 is 0 Å². The fraction of sp³-hybridized carbons (Fsp3) is 1.00. The van der Waals surface area contributed by atoms with Gasteiger partial charge >= 0.3 is 0 Å². The van der Waals surface area contributed by atoms with Crippen molar-refractivity contribution in [2.75, 3.05) is 0 Å². The molecule has 0 saturated carbocycles. The zero-order chi connectivity index (χ0) is 9.24. The lowest BCUT2D eigenvalue weighted by molar-refractivity contribution is 0.646. The third-order valence-corrected chi connectivity index (χ3v) is 14.0. The highest BCUT2D eigenvalue weighted by Gasteiger charge is 2.45. The molecule has 0 atom stereocenters. The first kappa shape index (κ1) is 10.8. The maximum absolute atomic E-state index is 6.83. The maximum Gasteiger partial charge on any atom is 0.161 e. The van der Waals surface area contributed by atoms with Gasteiger partial charge in [-0.05, 0) is 17.1 Å². The lowest BCUT2D eigenvalue weighted by Crippen LogP contribution is -2.41. The van der Waals surface area contributed by atoms with Gasteiger partial charge in [0.2, 0.25) is 0 Å². The second kappa shape index (κ2) is 3.85. The van der Waals surface area contributed by atoms with Gasteiger partial charge in [-0.1, -0.05) is 39.2 Å². The summed E-state index contributed by atoms with van der Waals surface area (Å²) in [5.41, 5.74) is 0. The van der Waals surface area contributed by atoms with E-state index in [0.29, 0.717) is 5.04 Å². The predicted molar refractivity (Wildman–Crippen MR) is 63.9 cm³/mol. The molecule has 1 rings (SSSR count). The van der Waals surface area contributed by atoms with E-state index in [-0.39, 0.29) is 0 Å². The highest BCUT2D eigenvalue weighted by Crippen LogP contribution is 2.50. The lowest BCUT2D eigenvalue weighted by atomic mass is 10.2. The molecule has 0 aromatic carbocycles. The van der Waals surface area contributed by atoms with Crippen molar-refractivity contribution >= 4 is 28.7 Å². The van der Waals surface area contributed by atoms with Crippen LogP contribution < -0.4 is 0 Å². The SMILES string of the molecule is CC(C)(C[SiH3])[Si]1(Cl)CCCCC1. The summed E-state index contributed by atoms with van der Waals surface area (Å²) in [6, 6.07) is 4.15. The number of halogens is 1. The molecule has 0 unspecified atom stereocenters. The Kier molecular flexibility index (Phi) is 3.46. The fourth-order valence-corrected chi connectivity index (χ4v) is 9.87. The summed E-state index contributed by atoms with van der Waals surface area (Å²) in [6.45, 7) is 4.81. The normalized spacial score (nSPS) is 24.2. The van der Waals surface area contributed by atoms with Crippen LogP contribution in [-0.4, -0.2) is 17.6 Å². The summed E-state index contributed by atoms with van der Waals surface area (Å²) in [5.74, 6) is 0. The van der Waals surface area contributed by atoms with E-state index in [0.717, 1.165) is 0 Å². The lowest BCUT2D eigenvalue weighted by Gasteiger charge is -2.42. The van der Waals surface area contributed by atoms with Crippen molar-refractivity contribution in [1.29, 1.82) is 0 Å². The van der Waals surface area contributed by atoms with Crippen molar-refractivity contribution in [3.8, 4) is 0 Å². The third-order valence-electron chi connectivity index (χ3n) is 3.74. The number of hydrogen-bond donors (Lipinski definition) is 0. The van der Waals surface area contributed by atoms with Crippen LogP contribution in [0.25, 0.3) is 0 Å². The Labute approximate surface area is 85.2 Å². The highest BCUT2D eigenvalue weighted by atomic mass is 35.6. The van der Waals surface area contributed by atoms with Gasteiger partial charge in [0.05, 0.1) is 0 Å². The smallest absolute Gasteiger partial charge is 0.161 e. The molecule has 0 aromatic heterocycles. The Bertz CT molecular complexity index is 151. The molecule has 1 aliphatic rings. The van der Waals surface area contributed by atoms with E-state index in [4.69, 9.17) is 11.1 Å². The molecule has 0 radical (unpaired) electrons. The largest absolute Gasteiger partial charge is 0.166 e. The average molecular weight is 221 g/mol. The van der Waals surface area contributed by atoms with Gasteiger partial charge in [-0.15, -0.1) is 0 Å². The molecule has 1 saturated heterocycles. The minimum absolute atomic E-state index is 0.515. The second-order valence-electron chi connectivity index (χ2n) is 4.76. The molecule has 0 bridgehead atoms. The van der Waals surface area contributed by atoms with Gasteiger partial charge in [-0.25, -0.2) is 0 Å². The molecule has 72 valence electrons. The van der Waals surface area contributed by atoms with Crippen molar-refractivity contribution in [3.05, 3.63) is 0 Å². The maximum atomic E-state index is 6.83. The molecule has 1 fully saturated rings. The molecule has 12 heavy (non-hydrogen) atoms. The van der Waals surface area contributed by atoms with Crippen LogP contribution in [-0.2, 0) is 0 Å². The van der Waals surface area contributed by atoms with Crippen LogP contribution in [0.2, 0.25) is 23.2 Å². The molecular weight excluding hydrogens is 200 g/mol. The zero-order valence-corrected chi connectivity index (χ0v) is 12.4. The van der Waals surface area contributed by atoms with Crippen molar-refractivity contribution in [2.24, 2.45) is 0 Å². The second-order valence-corrected chi connectivity index (χ2v) is 11.9. The first-order chi connectivity index (χ1) is 5.52. The van der Waals surface area contributed by atoms with E-state index in [9.17, 15) is 0 Å². The first-order valence-corrected chi connectivity index (χ1v) is 10.0. The summed E-state index contributed by atoms with van der Waals surface area (Å²) < 4.78 is 0. The van der Waals surface area contributed by atoms with Gasteiger partial charge in [0, 0.05) is 10.2 Å². The molecule has 3 heteroatoms. The Hall–Kier alpha value is 0.724. The minimum atomic E-state index is -1.36. The van der Waals surface area contributed by atoms with Crippen molar-refractivity contribution < 1.29 is 0 Å². The molecule has 0 amide bonds. The van der Waals surface area contributed by atoms with Gasteiger partial charge in [-0.2, -0.15) is 11.1 Å². The highest BCUT2D eigenvalue weighted by molar-refractivity contribution is 7.22. The Balaban J connectivity index is 2.68. The van der Waals surface area contributed by atoms with Crippen molar-refractivity contribution in [1.82, 2.24) is 0 Å². The monoisotopic (exact) mass is 220 g/mol. The molecule has 0 N–H and O–H groups in total. The fourth-order valence-electron chi connectivity index (χ4n) is 2.11. The molecule has 1 heterocycles. The Morgan fingerprint density at radius 1 is 1.25 bits per heavy atom. The predicted octanol–water partition coefficient (Wildman–Crippen LogP) is 2.92. The average Bonchev–Trinajstić information content (AvgIpc) is 2.06. The van der Waals surface area contributed by atoms with Gasteiger partial charge in [0.1, 0.15) is 0 Å². The van der Waals surface area contributed by atoms with Crippen LogP contribution in [0.5, 0.6) is 0 Å². The summed E-state index contributed by atoms with van der Waals surface area (Å²) in [6.07, 6.45) is 4.24. The van der Waals surface area contributed by atoms with E-state index < -0.39 is 7.38 Å². The zero-order valence-electron chi connectivity index (χ0n) is 8.62.